The first-order valence-electron chi connectivity index (χ1n) is 6.24. The molecule has 0 aliphatic carbocycles. The van der Waals surface area contributed by atoms with Gasteiger partial charge in [0.15, 0.2) is 0 Å². The van der Waals surface area contributed by atoms with Crippen LogP contribution in [-0.2, 0) is 0 Å². The van der Waals surface area contributed by atoms with E-state index in [2.05, 4.69) is 59.9 Å². The Hall–Kier alpha value is -0.610. The van der Waals surface area contributed by atoms with Gasteiger partial charge in [0.1, 0.15) is 0 Å². The molecule has 2 nitrogen and oxygen atoms in total. The van der Waals surface area contributed by atoms with Gasteiger partial charge in [-0.3, -0.25) is 4.98 Å². The van der Waals surface area contributed by atoms with Crippen molar-refractivity contribution >= 4 is 48.5 Å². The highest BCUT2D eigenvalue weighted by Gasteiger charge is 2.12. The zero-order valence-corrected chi connectivity index (χ0v) is 13.2. The van der Waals surface area contributed by atoms with Crippen LogP contribution in [0.15, 0.2) is 33.3 Å². The Kier molecular flexibility index (Phi) is 3.57. The molecule has 0 amide bonds. The van der Waals surface area contributed by atoms with Crippen molar-refractivity contribution in [1.82, 2.24) is 4.98 Å². The van der Waals surface area contributed by atoms with Crippen molar-refractivity contribution in [3.05, 3.63) is 33.3 Å². The van der Waals surface area contributed by atoms with E-state index < -0.39 is 0 Å². The molecule has 0 spiro atoms. The zero-order chi connectivity index (χ0) is 12.5. The highest BCUT2D eigenvalue weighted by molar-refractivity contribution is 9.13. The van der Waals surface area contributed by atoms with E-state index in [-0.39, 0.29) is 0 Å². The van der Waals surface area contributed by atoms with Crippen LogP contribution in [0.3, 0.4) is 0 Å². The van der Waals surface area contributed by atoms with Gasteiger partial charge in [-0.25, -0.2) is 0 Å². The number of hydrogen-bond acceptors (Lipinski definition) is 2. The lowest BCUT2D eigenvalue weighted by Crippen LogP contribution is -2.29. The Morgan fingerprint density at radius 3 is 2.61 bits per heavy atom. The average molecular weight is 370 g/mol. The molecular formula is C14H14Br2N2. The molecule has 3 rings (SSSR count). The van der Waals surface area contributed by atoms with Gasteiger partial charge in [0.25, 0.3) is 0 Å². The first kappa shape index (κ1) is 12.4. The summed E-state index contributed by atoms with van der Waals surface area (Å²) in [7, 11) is 0. The smallest absolute Gasteiger partial charge is 0.0715 e. The summed E-state index contributed by atoms with van der Waals surface area (Å²) in [6.45, 7) is 2.34. The maximum Gasteiger partial charge on any atom is 0.0715 e. The highest BCUT2D eigenvalue weighted by atomic mass is 79.9. The molecule has 0 atom stereocenters. The summed E-state index contributed by atoms with van der Waals surface area (Å²) in [6.07, 6.45) is 5.81. The molecular weight excluding hydrogens is 356 g/mol. The van der Waals surface area contributed by atoms with E-state index in [4.69, 9.17) is 0 Å². The molecule has 2 aromatic rings. The molecule has 0 bridgehead atoms. The van der Waals surface area contributed by atoms with E-state index in [0.29, 0.717) is 0 Å². The summed E-state index contributed by atoms with van der Waals surface area (Å²) in [5, 5.41) is 1.17. The summed E-state index contributed by atoms with van der Waals surface area (Å²) in [4.78, 5) is 6.90. The fourth-order valence-corrected chi connectivity index (χ4v) is 3.21. The van der Waals surface area contributed by atoms with Gasteiger partial charge in [0.05, 0.1) is 9.99 Å². The molecule has 1 fully saturated rings. The molecule has 94 valence electrons. The molecule has 4 heteroatoms. The topological polar surface area (TPSA) is 16.1 Å². The van der Waals surface area contributed by atoms with Gasteiger partial charge in [-0.2, -0.15) is 0 Å². The van der Waals surface area contributed by atoms with E-state index in [1.807, 2.05) is 6.20 Å². The van der Waals surface area contributed by atoms with Crippen LogP contribution in [0, 0.1) is 0 Å². The average Bonchev–Trinajstić information content (AvgIpc) is 2.44. The van der Waals surface area contributed by atoms with Crippen molar-refractivity contribution in [2.45, 2.75) is 19.3 Å². The Morgan fingerprint density at radius 2 is 1.83 bits per heavy atom. The quantitative estimate of drug-likeness (QED) is 0.720. The van der Waals surface area contributed by atoms with Gasteiger partial charge in [-0.1, -0.05) is 0 Å². The number of pyridine rings is 1. The summed E-state index contributed by atoms with van der Waals surface area (Å²) in [6, 6.07) is 6.53. The number of fused-ring (bicyclic) bond motifs is 1. The van der Waals surface area contributed by atoms with E-state index in [1.54, 1.807) is 0 Å². The minimum absolute atomic E-state index is 1.01. The Balaban J connectivity index is 2.06. The number of anilines is 1. The number of halogens is 2. The number of piperidine rings is 1. The van der Waals surface area contributed by atoms with Gasteiger partial charge in [0, 0.05) is 34.8 Å². The predicted molar refractivity (Wildman–Crippen MR) is 83.2 cm³/mol. The van der Waals surface area contributed by atoms with Crippen molar-refractivity contribution in [1.29, 1.82) is 0 Å². The maximum absolute atomic E-state index is 4.43. The van der Waals surface area contributed by atoms with E-state index in [1.165, 1.54) is 43.4 Å². The lowest BCUT2D eigenvalue weighted by molar-refractivity contribution is 0.578. The molecule has 0 radical (unpaired) electrons. The summed E-state index contributed by atoms with van der Waals surface area (Å²) in [5.74, 6) is 0. The minimum Gasteiger partial charge on any atom is -0.372 e. The van der Waals surface area contributed by atoms with Crippen molar-refractivity contribution in [2.75, 3.05) is 18.0 Å². The molecule has 0 saturated carbocycles. The minimum atomic E-state index is 1.01. The van der Waals surface area contributed by atoms with Crippen LogP contribution in [0.5, 0.6) is 0 Å². The first-order chi connectivity index (χ1) is 8.75. The van der Waals surface area contributed by atoms with Gasteiger partial charge < -0.3 is 4.90 Å². The van der Waals surface area contributed by atoms with Crippen LogP contribution in [0.25, 0.3) is 10.9 Å². The van der Waals surface area contributed by atoms with Crippen LogP contribution >= 0.6 is 31.9 Å². The molecule has 0 N–H and O–H groups in total. The maximum atomic E-state index is 4.43. The van der Waals surface area contributed by atoms with Gasteiger partial charge in [0.2, 0.25) is 0 Å². The van der Waals surface area contributed by atoms with Gasteiger partial charge in [-0.05, 0) is 69.3 Å². The molecule has 1 aliphatic heterocycles. The molecule has 0 unspecified atom stereocenters. The molecule has 1 saturated heterocycles. The lowest BCUT2D eigenvalue weighted by Gasteiger charge is -2.29. The third-order valence-corrected chi connectivity index (χ3v) is 5.45. The van der Waals surface area contributed by atoms with Gasteiger partial charge >= 0.3 is 0 Å². The van der Waals surface area contributed by atoms with Crippen LogP contribution in [0.1, 0.15) is 19.3 Å². The monoisotopic (exact) mass is 368 g/mol. The molecule has 2 heterocycles. The number of aromatic nitrogens is 1. The fourth-order valence-electron chi connectivity index (χ4n) is 2.47. The third-order valence-electron chi connectivity index (χ3n) is 3.46. The van der Waals surface area contributed by atoms with Crippen molar-refractivity contribution in [2.24, 2.45) is 0 Å². The fraction of sp³-hybridized carbons (Fsp3) is 0.357. The second-order valence-corrected chi connectivity index (χ2v) is 6.32. The number of benzene rings is 1. The summed E-state index contributed by atoms with van der Waals surface area (Å²) in [5.41, 5.74) is 2.34. The van der Waals surface area contributed by atoms with Crippen molar-refractivity contribution in [3.63, 3.8) is 0 Å². The van der Waals surface area contributed by atoms with Crippen LogP contribution in [-0.4, -0.2) is 18.1 Å². The van der Waals surface area contributed by atoms with Crippen LogP contribution in [0.2, 0.25) is 0 Å². The van der Waals surface area contributed by atoms with Crippen molar-refractivity contribution in [3.8, 4) is 0 Å². The molecule has 1 aromatic heterocycles. The second-order valence-electron chi connectivity index (χ2n) is 4.67. The Morgan fingerprint density at radius 1 is 1.06 bits per heavy atom. The number of rotatable bonds is 1. The zero-order valence-electron chi connectivity index (χ0n) is 10.00. The second kappa shape index (κ2) is 5.17. The van der Waals surface area contributed by atoms with E-state index in [0.717, 1.165) is 14.5 Å². The standard InChI is InChI=1S/C14H14Br2N2/c15-12-9-17-13-5-4-10(8-11(13)14(12)16)18-6-2-1-3-7-18/h4-5,8-9H,1-3,6-7H2. The predicted octanol–water partition coefficient (Wildman–Crippen LogP) is 4.75. The Labute approximate surface area is 124 Å². The van der Waals surface area contributed by atoms with Crippen LogP contribution in [0.4, 0.5) is 5.69 Å². The van der Waals surface area contributed by atoms with E-state index in [9.17, 15) is 0 Å². The van der Waals surface area contributed by atoms with Crippen molar-refractivity contribution < 1.29 is 0 Å². The number of hydrogen-bond donors (Lipinski definition) is 0. The SMILES string of the molecule is Brc1cnc2ccc(N3CCCCC3)cc2c1Br. The summed E-state index contributed by atoms with van der Waals surface area (Å²) < 4.78 is 2.09. The highest BCUT2D eigenvalue weighted by Crippen LogP contribution is 2.32. The molecule has 18 heavy (non-hydrogen) atoms. The largest absolute Gasteiger partial charge is 0.372 e. The number of nitrogens with zero attached hydrogens (tertiary/aromatic N) is 2. The lowest BCUT2D eigenvalue weighted by atomic mass is 10.1. The Bertz CT molecular complexity index is 577. The normalized spacial score (nSPS) is 16.2. The molecule has 1 aromatic carbocycles. The van der Waals surface area contributed by atoms with E-state index >= 15 is 0 Å². The first-order valence-corrected chi connectivity index (χ1v) is 7.83. The third kappa shape index (κ3) is 2.28. The summed E-state index contributed by atoms with van der Waals surface area (Å²) >= 11 is 7.15. The van der Waals surface area contributed by atoms with Gasteiger partial charge in [-0.15, -0.1) is 0 Å². The van der Waals surface area contributed by atoms with Crippen LogP contribution < -0.4 is 4.90 Å². The molecule has 1 aliphatic rings.